The highest BCUT2D eigenvalue weighted by molar-refractivity contribution is 7.10. The summed E-state index contributed by atoms with van der Waals surface area (Å²) in [6.45, 7) is 7.13. The summed E-state index contributed by atoms with van der Waals surface area (Å²) in [5.41, 5.74) is 0.910. The van der Waals surface area contributed by atoms with Crippen molar-refractivity contribution in [2.45, 2.75) is 26.3 Å². The van der Waals surface area contributed by atoms with E-state index in [-0.39, 0.29) is 17.8 Å². The van der Waals surface area contributed by atoms with Gasteiger partial charge in [-0.2, -0.15) is 0 Å². The van der Waals surface area contributed by atoms with Crippen LogP contribution in [-0.4, -0.2) is 25.5 Å². The molecule has 0 aliphatic carbocycles. The number of quaternary nitrogens is 1. The normalized spacial score (nSPS) is 24.7. The Bertz CT molecular complexity index is 676. The fourth-order valence-corrected chi connectivity index (χ4v) is 4.74. The summed E-state index contributed by atoms with van der Waals surface area (Å²) >= 11 is 1.60. The number of piperidine rings is 1. The minimum atomic E-state index is -0.263. The Morgan fingerprint density at radius 2 is 1.92 bits per heavy atom. The predicted octanol–water partition coefficient (Wildman–Crippen LogP) is 2.65. The molecule has 25 heavy (non-hydrogen) atoms. The quantitative estimate of drug-likeness (QED) is 0.843. The molecule has 2 heterocycles. The maximum absolute atomic E-state index is 13.2. The molecule has 1 fully saturated rings. The van der Waals surface area contributed by atoms with Crippen LogP contribution in [0, 0.1) is 17.7 Å². The van der Waals surface area contributed by atoms with Gasteiger partial charge >= 0.3 is 0 Å². The number of halogens is 1. The van der Waals surface area contributed by atoms with Crippen LogP contribution in [0.25, 0.3) is 0 Å². The highest BCUT2D eigenvalue weighted by Gasteiger charge is 2.28. The Kier molecular flexibility index (Phi) is 5.86. The van der Waals surface area contributed by atoms with Crippen LogP contribution in [0.3, 0.4) is 0 Å². The third-order valence-corrected chi connectivity index (χ3v) is 5.76. The van der Waals surface area contributed by atoms with E-state index in [1.165, 1.54) is 23.5 Å². The van der Waals surface area contributed by atoms with Gasteiger partial charge in [-0.3, -0.25) is 4.79 Å². The summed E-state index contributed by atoms with van der Waals surface area (Å²) in [7, 11) is 0. The molecule has 134 valence electrons. The molecule has 0 unspecified atom stereocenters. The van der Waals surface area contributed by atoms with E-state index in [2.05, 4.69) is 19.2 Å². The van der Waals surface area contributed by atoms with Gasteiger partial charge in [0.15, 0.2) is 6.54 Å². The first kappa shape index (κ1) is 18.1. The SMILES string of the molecule is C[C@H]1C[C@H](C)C[NH+](CC(=O)N[C@@H](c2ccc(F)cc2)c2cccs2)C1. The zero-order valence-electron chi connectivity index (χ0n) is 14.8. The summed E-state index contributed by atoms with van der Waals surface area (Å²) < 4.78 is 13.2. The fourth-order valence-electron chi connectivity index (χ4n) is 3.94. The standard InChI is InChI=1S/C20H25FN2OS/c1-14-10-15(2)12-23(11-14)13-19(24)22-20(18-4-3-9-25-18)16-5-7-17(21)8-6-16/h3-9,14-15,20H,10-13H2,1-2H3,(H,22,24)/p+1/t14-,15-,20-/m0/s1. The molecule has 0 bridgehead atoms. The molecule has 0 spiro atoms. The van der Waals surface area contributed by atoms with Crippen molar-refractivity contribution in [1.82, 2.24) is 5.32 Å². The Hall–Kier alpha value is -1.72. The lowest BCUT2D eigenvalue weighted by Gasteiger charge is -2.31. The van der Waals surface area contributed by atoms with Gasteiger partial charge in [0.05, 0.1) is 19.1 Å². The van der Waals surface area contributed by atoms with Crippen molar-refractivity contribution in [3.8, 4) is 0 Å². The van der Waals surface area contributed by atoms with Gasteiger partial charge < -0.3 is 10.2 Å². The summed E-state index contributed by atoms with van der Waals surface area (Å²) in [5.74, 6) is 1.12. The van der Waals surface area contributed by atoms with Crippen LogP contribution >= 0.6 is 11.3 Å². The van der Waals surface area contributed by atoms with Crippen LogP contribution in [0.15, 0.2) is 41.8 Å². The third kappa shape index (κ3) is 4.89. The van der Waals surface area contributed by atoms with E-state index in [0.29, 0.717) is 18.4 Å². The monoisotopic (exact) mass is 361 g/mol. The van der Waals surface area contributed by atoms with E-state index in [1.54, 1.807) is 23.5 Å². The van der Waals surface area contributed by atoms with E-state index in [1.807, 2.05) is 17.5 Å². The molecule has 1 amide bonds. The maximum atomic E-state index is 13.2. The molecule has 1 aliphatic heterocycles. The second-order valence-electron chi connectivity index (χ2n) is 7.35. The molecule has 1 aliphatic rings. The summed E-state index contributed by atoms with van der Waals surface area (Å²) in [4.78, 5) is 15.1. The molecule has 2 aromatic rings. The van der Waals surface area contributed by atoms with Gasteiger partial charge in [0.2, 0.25) is 0 Å². The highest BCUT2D eigenvalue weighted by Crippen LogP contribution is 2.26. The van der Waals surface area contributed by atoms with Crippen molar-refractivity contribution in [1.29, 1.82) is 0 Å². The highest BCUT2D eigenvalue weighted by atomic mass is 32.1. The van der Waals surface area contributed by atoms with Crippen molar-refractivity contribution in [2.24, 2.45) is 11.8 Å². The molecular weight excluding hydrogens is 335 g/mol. The molecule has 3 rings (SSSR count). The molecule has 3 nitrogen and oxygen atoms in total. The van der Waals surface area contributed by atoms with Gasteiger partial charge in [-0.25, -0.2) is 4.39 Å². The number of hydrogen-bond donors (Lipinski definition) is 2. The largest absolute Gasteiger partial charge is 0.339 e. The number of hydrogen-bond acceptors (Lipinski definition) is 2. The van der Waals surface area contributed by atoms with Crippen LogP contribution in [0.5, 0.6) is 0 Å². The maximum Gasteiger partial charge on any atom is 0.275 e. The van der Waals surface area contributed by atoms with Crippen molar-refractivity contribution in [3.05, 3.63) is 58.0 Å². The molecule has 0 radical (unpaired) electrons. The second kappa shape index (κ2) is 8.11. The molecule has 3 atom stereocenters. The molecule has 5 heteroatoms. The molecule has 1 aromatic heterocycles. The smallest absolute Gasteiger partial charge is 0.275 e. The van der Waals surface area contributed by atoms with Crippen LogP contribution in [-0.2, 0) is 4.79 Å². The zero-order valence-corrected chi connectivity index (χ0v) is 15.6. The van der Waals surface area contributed by atoms with E-state index in [4.69, 9.17) is 0 Å². The Morgan fingerprint density at radius 3 is 2.52 bits per heavy atom. The van der Waals surface area contributed by atoms with Crippen LogP contribution in [0.2, 0.25) is 0 Å². The number of amides is 1. The number of rotatable bonds is 5. The molecule has 1 saturated heterocycles. The first-order valence-electron chi connectivity index (χ1n) is 8.93. The van der Waals surface area contributed by atoms with Crippen molar-refractivity contribution in [2.75, 3.05) is 19.6 Å². The van der Waals surface area contributed by atoms with Gasteiger partial charge in [-0.15, -0.1) is 11.3 Å². The van der Waals surface area contributed by atoms with E-state index >= 15 is 0 Å². The van der Waals surface area contributed by atoms with Gasteiger partial charge in [0, 0.05) is 16.7 Å². The molecular formula is C20H26FN2OS+. The first-order chi connectivity index (χ1) is 12.0. The Balaban J connectivity index is 1.70. The van der Waals surface area contributed by atoms with E-state index in [0.717, 1.165) is 23.5 Å². The zero-order chi connectivity index (χ0) is 17.8. The molecule has 1 aromatic carbocycles. The minimum absolute atomic E-state index is 0.0547. The summed E-state index contributed by atoms with van der Waals surface area (Å²) in [6, 6.07) is 10.2. The number of thiophene rings is 1. The van der Waals surface area contributed by atoms with Gasteiger partial charge in [-0.1, -0.05) is 32.0 Å². The first-order valence-corrected chi connectivity index (χ1v) is 9.81. The minimum Gasteiger partial charge on any atom is -0.339 e. The van der Waals surface area contributed by atoms with Crippen LogP contribution < -0.4 is 10.2 Å². The number of carbonyl (C=O) groups is 1. The fraction of sp³-hybridized carbons (Fsp3) is 0.450. The van der Waals surface area contributed by atoms with Crippen LogP contribution in [0.4, 0.5) is 4.39 Å². The number of likely N-dealkylation sites (tertiary alicyclic amines) is 1. The van der Waals surface area contributed by atoms with Crippen molar-refractivity contribution in [3.63, 3.8) is 0 Å². The second-order valence-corrected chi connectivity index (χ2v) is 8.33. The van der Waals surface area contributed by atoms with Gasteiger partial charge in [-0.05, 0) is 35.6 Å². The molecule has 2 N–H and O–H groups in total. The summed E-state index contributed by atoms with van der Waals surface area (Å²) in [6.07, 6.45) is 1.25. The van der Waals surface area contributed by atoms with E-state index in [9.17, 15) is 9.18 Å². The van der Waals surface area contributed by atoms with Crippen molar-refractivity contribution >= 4 is 17.2 Å². The van der Waals surface area contributed by atoms with E-state index < -0.39 is 0 Å². The van der Waals surface area contributed by atoms with Crippen molar-refractivity contribution < 1.29 is 14.1 Å². The third-order valence-electron chi connectivity index (χ3n) is 4.83. The number of benzene rings is 1. The number of nitrogens with one attached hydrogen (secondary N) is 2. The number of carbonyl (C=O) groups excluding carboxylic acids is 1. The lowest BCUT2D eigenvalue weighted by Crippen LogP contribution is -3.15. The average Bonchev–Trinajstić information content (AvgIpc) is 3.06. The predicted molar refractivity (Wildman–Crippen MR) is 99.2 cm³/mol. The molecule has 0 saturated carbocycles. The van der Waals surface area contributed by atoms with Gasteiger partial charge in [0.1, 0.15) is 5.82 Å². The van der Waals surface area contributed by atoms with Crippen LogP contribution in [0.1, 0.15) is 36.8 Å². The van der Waals surface area contributed by atoms with Gasteiger partial charge in [0.25, 0.3) is 5.91 Å². The summed E-state index contributed by atoms with van der Waals surface area (Å²) in [5, 5.41) is 5.16. The average molecular weight is 362 g/mol. The topological polar surface area (TPSA) is 33.5 Å². The Labute approximate surface area is 152 Å². The lowest BCUT2D eigenvalue weighted by atomic mass is 9.92. The Morgan fingerprint density at radius 1 is 1.24 bits per heavy atom. The lowest BCUT2D eigenvalue weighted by molar-refractivity contribution is -0.904.